The molecule has 0 aromatic heterocycles. The lowest BCUT2D eigenvalue weighted by Crippen LogP contribution is -2.37. The maximum atomic E-state index is 13.3. The molecule has 1 fully saturated rings. The molecule has 1 aliphatic carbocycles. The number of carbonyl (C=O) groups excluding carboxylic acids is 1. The van der Waals surface area contributed by atoms with Gasteiger partial charge in [-0.15, -0.1) is 0 Å². The average molecular weight is 490 g/mol. The van der Waals surface area contributed by atoms with E-state index >= 15 is 0 Å². The number of fused-ring (bicyclic) bond motifs is 1. The zero-order chi connectivity index (χ0) is 24.9. The largest absolute Gasteiger partial charge is 0.493 e. The molecule has 6 heteroatoms. The first-order valence-corrected chi connectivity index (χ1v) is 12.6. The molecule has 1 amide bonds. The normalized spacial score (nSPS) is 17.1. The van der Waals surface area contributed by atoms with E-state index in [0.717, 1.165) is 43.4 Å². The fourth-order valence-corrected chi connectivity index (χ4v) is 5.09. The Morgan fingerprint density at radius 3 is 2.39 bits per heavy atom. The highest BCUT2D eigenvalue weighted by Crippen LogP contribution is 2.33. The Morgan fingerprint density at radius 1 is 1.00 bits per heavy atom. The van der Waals surface area contributed by atoms with Crippen LogP contribution in [0.15, 0.2) is 66.7 Å². The summed E-state index contributed by atoms with van der Waals surface area (Å²) in [5, 5.41) is 0. The minimum Gasteiger partial charge on any atom is -0.493 e. The van der Waals surface area contributed by atoms with E-state index in [1.807, 2.05) is 23.1 Å². The zero-order valence-electron chi connectivity index (χ0n) is 20.6. The summed E-state index contributed by atoms with van der Waals surface area (Å²) in [6.45, 7) is 1.70. The van der Waals surface area contributed by atoms with E-state index in [0.29, 0.717) is 24.6 Å². The fraction of sp³-hybridized carbons (Fsp3) is 0.367. The maximum absolute atomic E-state index is 13.3. The van der Waals surface area contributed by atoms with Crippen LogP contribution in [-0.4, -0.2) is 43.3 Å². The number of hydrogen-bond acceptors (Lipinski definition) is 4. The molecule has 0 unspecified atom stereocenters. The lowest BCUT2D eigenvalue weighted by atomic mass is 10.1. The summed E-state index contributed by atoms with van der Waals surface area (Å²) in [6.07, 6.45) is 4.05. The molecular weight excluding hydrogens is 457 g/mol. The van der Waals surface area contributed by atoms with Gasteiger partial charge in [0.05, 0.1) is 19.6 Å². The van der Waals surface area contributed by atoms with E-state index in [9.17, 15) is 9.18 Å². The molecule has 0 bridgehead atoms. The third kappa shape index (κ3) is 5.88. The second kappa shape index (κ2) is 11.1. The lowest BCUT2D eigenvalue weighted by Gasteiger charge is -2.26. The van der Waals surface area contributed by atoms with Gasteiger partial charge >= 0.3 is 0 Å². The SMILES string of the molecule is COc1cc(CN(C[C@H]2CCCO2)C(=O)Cc2ccc(F)cc2)ccc1OC1Cc2ccccc2C1. The van der Waals surface area contributed by atoms with Gasteiger partial charge in [0.1, 0.15) is 11.9 Å². The Balaban J connectivity index is 1.28. The molecule has 0 radical (unpaired) electrons. The van der Waals surface area contributed by atoms with Gasteiger partial charge in [0.15, 0.2) is 11.5 Å². The number of carbonyl (C=O) groups is 1. The van der Waals surface area contributed by atoms with Gasteiger partial charge in [-0.05, 0) is 59.4 Å². The van der Waals surface area contributed by atoms with Crippen LogP contribution in [0.5, 0.6) is 11.5 Å². The maximum Gasteiger partial charge on any atom is 0.227 e. The van der Waals surface area contributed by atoms with Gasteiger partial charge in [0.2, 0.25) is 5.91 Å². The number of hydrogen-bond donors (Lipinski definition) is 0. The van der Waals surface area contributed by atoms with Crippen LogP contribution in [0.4, 0.5) is 4.39 Å². The van der Waals surface area contributed by atoms with Gasteiger partial charge < -0.3 is 19.1 Å². The van der Waals surface area contributed by atoms with E-state index in [4.69, 9.17) is 14.2 Å². The second-order valence-corrected chi connectivity index (χ2v) is 9.61. The molecule has 1 atom stereocenters. The number of methoxy groups -OCH3 is 1. The molecule has 188 valence electrons. The standard InChI is InChI=1S/C30H32FNO4/c1-34-29-15-22(10-13-28(29)36-27-17-23-5-2-3-6-24(23)18-27)19-32(20-26-7-4-14-35-26)30(33)16-21-8-11-25(31)12-9-21/h2-3,5-6,8-13,15,26-27H,4,7,14,16-20H2,1H3/t26-/m1/s1. The Morgan fingerprint density at radius 2 is 1.72 bits per heavy atom. The summed E-state index contributed by atoms with van der Waals surface area (Å²) < 4.78 is 31.1. The van der Waals surface area contributed by atoms with E-state index in [1.165, 1.54) is 23.3 Å². The number of benzene rings is 3. The molecule has 0 saturated carbocycles. The molecule has 2 aliphatic rings. The highest BCUT2D eigenvalue weighted by Gasteiger charge is 2.25. The van der Waals surface area contributed by atoms with Crippen LogP contribution in [0.25, 0.3) is 0 Å². The molecule has 5 rings (SSSR count). The Bertz CT molecular complexity index is 1160. The van der Waals surface area contributed by atoms with Gasteiger partial charge in [0, 0.05) is 32.5 Å². The first-order valence-electron chi connectivity index (χ1n) is 12.6. The van der Waals surface area contributed by atoms with Gasteiger partial charge in [-0.1, -0.05) is 42.5 Å². The lowest BCUT2D eigenvalue weighted by molar-refractivity contribution is -0.132. The number of amides is 1. The molecule has 0 N–H and O–H groups in total. The van der Waals surface area contributed by atoms with Crippen LogP contribution in [-0.2, 0) is 35.3 Å². The van der Waals surface area contributed by atoms with Crippen molar-refractivity contribution < 1.29 is 23.4 Å². The van der Waals surface area contributed by atoms with Crippen molar-refractivity contribution in [2.45, 2.75) is 50.9 Å². The molecule has 1 aliphatic heterocycles. The molecule has 3 aromatic rings. The predicted octanol–water partition coefficient (Wildman–Crippen LogP) is 5.13. The van der Waals surface area contributed by atoms with Crippen molar-refractivity contribution in [2.75, 3.05) is 20.3 Å². The molecule has 36 heavy (non-hydrogen) atoms. The Labute approximate surface area is 211 Å². The van der Waals surface area contributed by atoms with Crippen LogP contribution in [0.1, 0.15) is 35.1 Å². The number of nitrogens with zero attached hydrogens (tertiary/aromatic N) is 1. The zero-order valence-corrected chi connectivity index (χ0v) is 20.6. The van der Waals surface area contributed by atoms with Crippen LogP contribution in [0, 0.1) is 5.82 Å². The Hall–Kier alpha value is -3.38. The van der Waals surface area contributed by atoms with Gasteiger partial charge in [-0.2, -0.15) is 0 Å². The van der Waals surface area contributed by atoms with Crippen molar-refractivity contribution in [2.24, 2.45) is 0 Å². The average Bonchev–Trinajstić information content (AvgIpc) is 3.55. The van der Waals surface area contributed by atoms with Crippen molar-refractivity contribution in [3.05, 3.63) is 94.8 Å². The molecule has 1 saturated heterocycles. The first kappa shape index (κ1) is 24.3. The van der Waals surface area contributed by atoms with Gasteiger partial charge in [0.25, 0.3) is 0 Å². The van der Waals surface area contributed by atoms with Crippen LogP contribution >= 0.6 is 0 Å². The smallest absolute Gasteiger partial charge is 0.227 e. The molecule has 5 nitrogen and oxygen atoms in total. The van der Waals surface area contributed by atoms with Gasteiger partial charge in [-0.25, -0.2) is 4.39 Å². The minimum absolute atomic E-state index is 0.0138. The monoisotopic (exact) mass is 489 g/mol. The third-order valence-corrected chi connectivity index (χ3v) is 6.98. The van der Waals surface area contributed by atoms with Gasteiger partial charge in [-0.3, -0.25) is 4.79 Å². The molecule has 3 aromatic carbocycles. The molecule has 0 spiro atoms. The van der Waals surface area contributed by atoms with E-state index in [-0.39, 0.29) is 30.4 Å². The molecular formula is C30H32FNO4. The number of rotatable bonds is 9. The number of halogens is 1. The highest BCUT2D eigenvalue weighted by molar-refractivity contribution is 5.78. The first-order chi connectivity index (χ1) is 17.6. The van der Waals surface area contributed by atoms with Crippen LogP contribution in [0.2, 0.25) is 0 Å². The third-order valence-electron chi connectivity index (χ3n) is 6.98. The second-order valence-electron chi connectivity index (χ2n) is 9.61. The van der Waals surface area contributed by atoms with Crippen molar-refractivity contribution >= 4 is 5.91 Å². The van der Waals surface area contributed by atoms with Crippen LogP contribution < -0.4 is 9.47 Å². The summed E-state index contributed by atoms with van der Waals surface area (Å²) in [7, 11) is 1.64. The Kier molecular flexibility index (Phi) is 7.52. The molecule has 1 heterocycles. The summed E-state index contributed by atoms with van der Waals surface area (Å²) in [4.78, 5) is 15.1. The predicted molar refractivity (Wildman–Crippen MR) is 136 cm³/mol. The van der Waals surface area contributed by atoms with E-state index in [1.54, 1.807) is 19.2 Å². The summed E-state index contributed by atoms with van der Waals surface area (Å²) >= 11 is 0. The highest BCUT2D eigenvalue weighted by atomic mass is 19.1. The fourth-order valence-electron chi connectivity index (χ4n) is 5.09. The van der Waals surface area contributed by atoms with E-state index in [2.05, 4.69) is 24.3 Å². The summed E-state index contributed by atoms with van der Waals surface area (Å²) in [5.41, 5.74) is 4.42. The summed E-state index contributed by atoms with van der Waals surface area (Å²) in [5.74, 6) is 1.05. The number of ether oxygens (including phenoxy) is 3. The topological polar surface area (TPSA) is 48.0 Å². The van der Waals surface area contributed by atoms with Crippen molar-refractivity contribution in [1.29, 1.82) is 0 Å². The van der Waals surface area contributed by atoms with Crippen molar-refractivity contribution in [1.82, 2.24) is 4.90 Å². The van der Waals surface area contributed by atoms with Crippen molar-refractivity contribution in [3.63, 3.8) is 0 Å². The quantitative estimate of drug-likeness (QED) is 0.418. The van der Waals surface area contributed by atoms with Crippen LogP contribution in [0.3, 0.4) is 0 Å². The van der Waals surface area contributed by atoms with Crippen molar-refractivity contribution in [3.8, 4) is 11.5 Å². The minimum atomic E-state index is -0.307. The summed E-state index contributed by atoms with van der Waals surface area (Å²) in [6, 6.07) is 20.4. The van der Waals surface area contributed by atoms with E-state index < -0.39 is 0 Å².